The van der Waals surface area contributed by atoms with Gasteiger partial charge in [-0.2, -0.15) is 5.10 Å². The summed E-state index contributed by atoms with van der Waals surface area (Å²) in [4.78, 5) is 10.3. The molecule has 1 fully saturated rings. The fourth-order valence-electron chi connectivity index (χ4n) is 1.90. The van der Waals surface area contributed by atoms with Crippen LogP contribution in [0.1, 0.15) is 24.6 Å². The van der Waals surface area contributed by atoms with Gasteiger partial charge in [0.25, 0.3) is 0 Å². The quantitative estimate of drug-likeness (QED) is 0.584. The Morgan fingerprint density at radius 1 is 1.73 bits per heavy atom. The predicted octanol–water partition coefficient (Wildman–Crippen LogP) is 1.02. The molecular formula is C9H14N4O2. The Bertz CT molecular complexity index is 368. The number of aryl methyl sites for hydroxylation is 1. The molecule has 0 aromatic carbocycles. The molecule has 6 nitrogen and oxygen atoms in total. The lowest BCUT2D eigenvalue weighted by molar-refractivity contribution is -0.385. The van der Waals surface area contributed by atoms with Crippen LogP contribution in [-0.4, -0.2) is 27.8 Å². The highest BCUT2D eigenvalue weighted by molar-refractivity contribution is 5.31. The first-order valence-electron chi connectivity index (χ1n) is 5.09. The minimum atomic E-state index is -0.380. The number of hydrogen-bond acceptors (Lipinski definition) is 4. The van der Waals surface area contributed by atoms with Crippen LogP contribution in [0.2, 0.25) is 0 Å². The summed E-state index contributed by atoms with van der Waals surface area (Å²) in [7, 11) is 0. The van der Waals surface area contributed by atoms with Gasteiger partial charge >= 0.3 is 5.69 Å². The van der Waals surface area contributed by atoms with E-state index in [1.807, 2.05) is 0 Å². The maximum atomic E-state index is 10.7. The van der Waals surface area contributed by atoms with Crippen molar-refractivity contribution in [2.45, 2.75) is 25.8 Å². The van der Waals surface area contributed by atoms with Crippen LogP contribution in [0.5, 0.6) is 0 Å². The van der Waals surface area contributed by atoms with Crippen LogP contribution >= 0.6 is 0 Å². The summed E-state index contributed by atoms with van der Waals surface area (Å²) < 4.78 is 1.72. The average Bonchev–Trinajstić information content (AvgIpc) is 2.62. The second-order valence-corrected chi connectivity index (χ2v) is 3.84. The Kier molecular flexibility index (Phi) is 2.68. The topological polar surface area (TPSA) is 73.0 Å². The first-order valence-corrected chi connectivity index (χ1v) is 5.09. The van der Waals surface area contributed by atoms with Gasteiger partial charge in [-0.3, -0.25) is 14.8 Å². The van der Waals surface area contributed by atoms with Crippen molar-refractivity contribution < 1.29 is 4.92 Å². The smallest absolute Gasteiger partial charge is 0.309 e. The zero-order chi connectivity index (χ0) is 10.8. The number of aromatic nitrogens is 2. The first kappa shape index (κ1) is 10.1. The van der Waals surface area contributed by atoms with Gasteiger partial charge in [-0.15, -0.1) is 0 Å². The molecule has 15 heavy (non-hydrogen) atoms. The number of nitrogens with one attached hydrogen (secondary N) is 1. The van der Waals surface area contributed by atoms with E-state index < -0.39 is 0 Å². The highest BCUT2D eigenvalue weighted by Crippen LogP contribution is 2.21. The Balaban J connectivity index is 2.21. The molecule has 6 heteroatoms. The molecular weight excluding hydrogens is 196 g/mol. The molecule has 1 atom stereocenters. The Morgan fingerprint density at radius 2 is 2.53 bits per heavy atom. The molecule has 2 rings (SSSR count). The maximum Gasteiger partial charge on any atom is 0.309 e. The molecule has 0 bridgehead atoms. The van der Waals surface area contributed by atoms with Crippen molar-refractivity contribution in [3.63, 3.8) is 0 Å². The molecule has 2 heterocycles. The molecule has 0 unspecified atom stereocenters. The number of nitro groups is 1. The second kappa shape index (κ2) is 3.98. The molecule has 1 aromatic rings. The Morgan fingerprint density at radius 3 is 3.07 bits per heavy atom. The fraction of sp³-hybridized carbons (Fsp3) is 0.667. The van der Waals surface area contributed by atoms with Gasteiger partial charge in [0.1, 0.15) is 11.9 Å². The van der Waals surface area contributed by atoms with E-state index in [4.69, 9.17) is 0 Å². The largest absolute Gasteiger partial charge is 0.315 e. The van der Waals surface area contributed by atoms with Crippen molar-refractivity contribution in [1.82, 2.24) is 15.1 Å². The zero-order valence-electron chi connectivity index (χ0n) is 8.64. The van der Waals surface area contributed by atoms with Gasteiger partial charge in [-0.05, 0) is 26.3 Å². The summed E-state index contributed by atoms with van der Waals surface area (Å²) in [6, 6.07) is 0.256. The number of hydrogen-bond donors (Lipinski definition) is 1. The highest BCUT2D eigenvalue weighted by atomic mass is 16.6. The third-order valence-electron chi connectivity index (χ3n) is 2.73. The minimum absolute atomic E-state index is 0.112. The molecule has 1 aliphatic rings. The molecule has 0 spiro atoms. The molecule has 1 aromatic heterocycles. The molecule has 0 amide bonds. The monoisotopic (exact) mass is 210 g/mol. The summed E-state index contributed by atoms with van der Waals surface area (Å²) in [5, 5.41) is 18.1. The minimum Gasteiger partial charge on any atom is -0.315 e. The van der Waals surface area contributed by atoms with Crippen LogP contribution in [0.4, 0.5) is 5.69 Å². The Hall–Kier alpha value is -1.43. The molecule has 1 N–H and O–H groups in total. The van der Waals surface area contributed by atoms with Crippen LogP contribution < -0.4 is 5.32 Å². The van der Waals surface area contributed by atoms with Crippen LogP contribution in [0.3, 0.4) is 0 Å². The van der Waals surface area contributed by atoms with Crippen LogP contribution in [0.15, 0.2) is 6.20 Å². The van der Waals surface area contributed by atoms with Gasteiger partial charge in [0.15, 0.2) is 0 Å². The van der Waals surface area contributed by atoms with E-state index >= 15 is 0 Å². The van der Waals surface area contributed by atoms with Gasteiger partial charge < -0.3 is 5.32 Å². The van der Waals surface area contributed by atoms with Gasteiger partial charge in [0.05, 0.1) is 11.0 Å². The summed E-state index contributed by atoms with van der Waals surface area (Å²) in [6.07, 6.45) is 3.66. The van der Waals surface area contributed by atoms with E-state index in [1.54, 1.807) is 11.6 Å². The third kappa shape index (κ3) is 1.99. The highest BCUT2D eigenvalue weighted by Gasteiger charge is 2.21. The van der Waals surface area contributed by atoms with Crippen molar-refractivity contribution in [1.29, 1.82) is 0 Å². The van der Waals surface area contributed by atoms with E-state index in [0.717, 1.165) is 25.9 Å². The predicted molar refractivity (Wildman–Crippen MR) is 54.8 cm³/mol. The van der Waals surface area contributed by atoms with Crippen LogP contribution in [-0.2, 0) is 0 Å². The normalized spacial score (nSPS) is 21.5. The fourth-order valence-corrected chi connectivity index (χ4v) is 1.90. The molecule has 0 radical (unpaired) electrons. The van der Waals surface area contributed by atoms with Crippen molar-refractivity contribution in [2.75, 3.05) is 13.1 Å². The van der Waals surface area contributed by atoms with Crippen LogP contribution in [0, 0.1) is 17.0 Å². The van der Waals surface area contributed by atoms with Crippen molar-refractivity contribution >= 4 is 5.69 Å². The summed E-state index contributed by atoms with van der Waals surface area (Å²) in [6.45, 7) is 3.54. The lowest BCUT2D eigenvalue weighted by Crippen LogP contribution is -2.31. The van der Waals surface area contributed by atoms with Crippen molar-refractivity contribution in [2.24, 2.45) is 0 Å². The average molecular weight is 210 g/mol. The zero-order valence-corrected chi connectivity index (χ0v) is 8.64. The lowest BCUT2D eigenvalue weighted by atomic mass is 10.1. The molecule has 0 aliphatic carbocycles. The molecule has 1 aliphatic heterocycles. The number of rotatable bonds is 2. The van der Waals surface area contributed by atoms with Gasteiger partial charge in [0, 0.05) is 6.54 Å². The standard InChI is InChI=1S/C9H14N4O2/c1-7-9(13(14)15)6-12(11-7)8-3-2-4-10-5-8/h6,8,10H,2-5H2,1H3/t8-/m1/s1. The molecule has 1 saturated heterocycles. The van der Waals surface area contributed by atoms with E-state index in [2.05, 4.69) is 10.4 Å². The molecule has 82 valence electrons. The van der Waals surface area contributed by atoms with Crippen molar-refractivity contribution in [3.05, 3.63) is 22.0 Å². The van der Waals surface area contributed by atoms with Crippen LogP contribution in [0.25, 0.3) is 0 Å². The number of piperidine rings is 1. The maximum absolute atomic E-state index is 10.7. The van der Waals surface area contributed by atoms with E-state index in [9.17, 15) is 10.1 Å². The van der Waals surface area contributed by atoms with Gasteiger partial charge in [-0.1, -0.05) is 0 Å². The third-order valence-corrected chi connectivity index (χ3v) is 2.73. The van der Waals surface area contributed by atoms with E-state index in [1.165, 1.54) is 6.20 Å². The van der Waals surface area contributed by atoms with Crippen molar-refractivity contribution in [3.8, 4) is 0 Å². The second-order valence-electron chi connectivity index (χ2n) is 3.84. The Labute approximate surface area is 87.4 Å². The summed E-state index contributed by atoms with van der Waals surface area (Å²) in [5.41, 5.74) is 0.603. The van der Waals surface area contributed by atoms with Gasteiger partial charge in [-0.25, -0.2) is 0 Å². The molecule has 0 saturated carbocycles. The van der Waals surface area contributed by atoms with E-state index in [0.29, 0.717) is 5.69 Å². The van der Waals surface area contributed by atoms with Gasteiger partial charge in [0.2, 0.25) is 0 Å². The first-order chi connectivity index (χ1) is 7.18. The summed E-state index contributed by atoms with van der Waals surface area (Å²) in [5.74, 6) is 0. The lowest BCUT2D eigenvalue weighted by Gasteiger charge is -2.22. The van der Waals surface area contributed by atoms with E-state index in [-0.39, 0.29) is 16.7 Å². The SMILES string of the molecule is Cc1nn([C@@H]2CCCNC2)cc1[N+](=O)[O-]. The summed E-state index contributed by atoms with van der Waals surface area (Å²) >= 11 is 0. The number of nitrogens with zero attached hydrogens (tertiary/aromatic N) is 3.